The highest BCUT2D eigenvalue weighted by Gasteiger charge is 2.13. The molecule has 8 nitrogen and oxygen atoms in total. The molecule has 28 heavy (non-hydrogen) atoms. The lowest BCUT2D eigenvalue weighted by molar-refractivity contribution is -0.121. The largest absolute Gasteiger partial charge is 0.454 e. The quantitative estimate of drug-likeness (QED) is 0.414. The maximum Gasteiger partial charge on any atom is 0.305 e. The Morgan fingerprint density at radius 3 is 2.54 bits per heavy atom. The van der Waals surface area contributed by atoms with Gasteiger partial charge in [0.25, 0.3) is 5.91 Å². The molecule has 2 heterocycles. The summed E-state index contributed by atoms with van der Waals surface area (Å²) >= 11 is 1.36. The van der Waals surface area contributed by atoms with Crippen molar-refractivity contribution >= 4 is 29.1 Å². The van der Waals surface area contributed by atoms with Crippen molar-refractivity contribution in [3.63, 3.8) is 0 Å². The van der Waals surface area contributed by atoms with Crippen LogP contribution < -0.4 is 16.2 Å². The van der Waals surface area contributed by atoms with Crippen LogP contribution in [0.2, 0.25) is 0 Å². The van der Waals surface area contributed by atoms with Crippen LogP contribution in [-0.4, -0.2) is 42.3 Å². The number of carbonyl (C=O) groups excluding carboxylic acids is 3. The van der Waals surface area contributed by atoms with Gasteiger partial charge in [0.1, 0.15) is 5.76 Å². The van der Waals surface area contributed by atoms with Gasteiger partial charge in [-0.2, -0.15) is 0 Å². The lowest BCUT2D eigenvalue weighted by atomic mass is 10.3. The smallest absolute Gasteiger partial charge is 0.305 e. The van der Waals surface area contributed by atoms with E-state index >= 15 is 0 Å². The van der Waals surface area contributed by atoms with Gasteiger partial charge in [-0.15, -0.1) is 11.3 Å². The lowest BCUT2D eigenvalue weighted by Gasteiger charge is -2.15. The third-order valence-corrected chi connectivity index (χ3v) is 4.95. The molecule has 0 aliphatic rings. The van der Waals surface area contributed by atoms with Gasteiger partial charge >= 0.3 is 5.91 Å². The fourth-order valence-corrected chi connectivity index (χ4v) is 3.09. The van der Waals surface area contributed by atoms with Crippen molar-refractivity contribution in [1.82, 2.24) is 21.1 Å². The molecule has 3 N–H and O–H groups in total. The van der Waals surface area contributed by atoms with Gasteiger partial charge in [0.15, 0.2) is 5.76 Å². The number of amides is 3. The van der Waals surface area contributed by atoms with Crippen molar-refractivity contribution in [1.29, 1.82) is 0 Å². The maximum atomic E-state index is 12.0. The van der Waals surface area contributed by atoms with Crippen LogP contribution in [0.3, 0.4) is 0 Å². The Morgan fingerprint density at radius 1 is 1.07 bits per heavy atom. The molecule has 0 unspecified atom stereocenters. The summed E-state index contributed by atoms with van der Waals surface area (Å²) in [6.07, 6.45) is 0.643. The number of hydrogen-bond donors (Lipinski definition) is 3. The molecule has 9 heteroatoms. The van der Waals surface area contributed by atoms with E-state index in [0.29, 0.717) is 30.1 Å². The molecule has 0 saturated heterocycles. The fraction of sp³-hybridized carbons (Fsp3) is 0.421. The summed E-state index contributed by atoms with van der Waals surface area (Å²) in [7, 11) is 0. The van der Waals surface area contributed by atoms with Crippen molar-refractivity contribution in [2.75, 3.05) is 19.6 Å². The Balaban J connectivity index is 1.64. The van der Waals surface area contributed by atoms with E-state index < -0.39 is 5.91 Å². The molecule has 0 aliphatic carbocycles. The summed E-state index contributed by atoms with van der Waals surface area (Å²) in [6.45, 7) is 6.91. The lowest BCUT2D eigenvalue weighted by Crippen LogP contribution is -2.41. The molecule has 0 spiro atoms. The number of thiophene rings is 1. The molecule has 0 aromatic carbocycles. The molecule has 0 radical (unpaired) electrons. The first-order chi connectivity index (χ1) is 13.5. The monoisotopic (exact) mass is 406 g/mol. The standard InChI is InChI=1S/C19H26N4O4S/c1-3-23(4-2)13-14-9-10-15(27-14)18(25)22-21-17(24)8-5-11-20-19(26)16-7-6-12-28-16/h6-7,9-10,12H,3-5,8,11,13H2,1-2H3,(H,20,26)(H,21,24)(H,22,25). The van der Waals surface area contributed by atoms with E-state index in [1.165, 1.54) is 11.3 Å². The van der Waals surface area contributed by atoms with Gasteiger partial charge < -0.3 is 9.73 Å². The van der Waals surface area contributed by atoms with Crippen LogP contribution in [0, 0.1) is 0 Å². The van der Waals surface area contributed by atoms with Crippen LogP contribution in [0.15, 0.2) is 34.1 Å². The van der Waals surface area contributed by atoms with Gasteiger partial charge in [-0.25, -0.2) is 0 Å². The van der Waals surface area contributed by atoms with Gasteiger partial charge in [0.05, 0.1) is 11.4 Å². The molecule has 2 aromatic heterocycles. The van der Waals surface area contributed by atoms with E-state index in [1.54, 1.807) is 24.3 Å². The Kier molecular flexibility index (Phi) is 8.70. The average Bonchev–Trinajstić information content (AvgIpc) is 3.39. The zero-order valence-electron chi connectivity index (χ0n) is 16.1. The second-order valence-electron chi connectivity index (χ2n) is 6.07. The number of furan rings is 1. The third-order valence-electron chi connectivity index (χ3n) is 4.09. The van der Waals surface area contributed by atoms with Gasteiger partial charge in [0.2, 0.25) is 5.91 Å². The average molecular weight is 407 g/mol. The summed E-state index contributed by atoms with van der Waals surface area (Å²) in [5.41, 5.74) is 4.68. The zero-order chi connectivity index (χ0) is 20.4. The molecular formula is C19H26N4O4S. The second kappa shape index (κ2) is 11.3. The van der Waals surface area contributed by atoms with Crippen molar-refractivity contribution < 1.29 is 18.8 Å². The first-order valence-electron chi connectivity index (χ1n) is 9.25. The van der Waals surface area contributed by atoms with E-state index in [-0.39, 0.29) is 24.0 Å². The second-order valence-corrected chi connectivity index (χ2v) is 7.01. The van der Waals surface area contributed by atoms with Crippen molar-refractivity contribution in [2.45, 2.75) is 33.2 Å². The highest BCUT2D eigenvalue weighted by Crippen LogP contribution is 2.10. The number of carbonyl (C=O) groups is 3. The number of nitrogens with zero attached hydrogens (tertiary/aromatic N) is 1. The summed E-state index contributed by atoms with van der Waals surface area (Å²) in [4.78, 5) is 38.4. The molecule has 0 bridgehead atoms. The van der Waals surface area contributed by atoms with Crippen LogP contribution in [0.5, 0.6) is 0 Å². The first-order valence-corrected chi connectivity index (χ1v) is 10.1. The van der Waals surface area contributed by atoms with Crippen molar-refractivity contribution in [3.05, 3.63) is 46.0 Å². The van der Waals surface area contributed by atoms with Crippen LogP contribution in [0.25, 0.3) is 0 Å². The minimum absolute atomic E-state index is 0.144. The number of nitrogens with one attached hydrogen (secondary N) is 3. The molecular weight excluding hydrogens is 380 g/mol. The molecule has 152 valence electrons. The van der Waals surface area contributed by atoms with Crippen LogP contribution >= 0.6 is 11.3 Å². The van der Waals surface area contributed by atoms with Crippen LogP contribution in [0.4, 0.5) is 0 Å². The van der Waals surface area contributed by atoms with Gasteiger partial charge in [-0.1, -0.05) is 19.9 Å². The van der Waals surface area contributed by atoms with Gasteiger partial charge in [-0.05, 0) is 43.1 Å². The molecule has 2 aromatic rings. The number of hydrazine groups is 1. The summed E-state index contributed by atoms with van der Waals surface area (Å²) in [6, 6.07) is 6.89. The Labute approximate surface area is 168 Å². The van der Waals surface area contributed by atoms with E-state index in [4.69, 9.17) is 4.42 Å². The van der Waals surface area contributed by atoms with Crippen LogP contribution in [0.1, 0.15) is 52.7 Å². The minimum Gasteiger partial charge on any atom is -0.454 e. The van der Waals surface area contributed by atoms with E-state index in [1.807, 2.05) is 5.38 Å². The van der Waals surface area contributed by atoms with Crippen molar-refractivity contribution in [2.24, 2.45) is 0 Å². The van der Waals surface area contributed by atoms with Gasteiger partial charge in [-0.3, -0.25) is 30.1 Å². The SMILES string of the molecule is CCN(CC)Cc1ccc(C(=O)NNC(=O)CCCNC(=O)c2cccs2)o1. The Bertz CT molecular complexity index is 769. The first kappa shape index (κ1) is 21.6. The molecule has 0 fully saturated rings. The predicted octanol–water partition coefficient (Wildman–Crippen LogP) is 2.15. The van der Waals surface area contributed by atoms with E-state index in [0.717, 1.165) is 13.1 Å². The summed E-state index contributed by atoms with van der Waals surface area (Å²) in [5, 5.41) is 4.57. The molecule has 3 amide bonds. The van der Waals surface area contributed by atoms with E-state index in [2.05, 4.69) is 34.9 Å². The summed E-state index contributed by atoms with van der Waals surface area (Å²) in [5.74, 6) is -0.159. The normalized spacial score (nSPS) is 10.7. The minimum atomic E-state index is -0.509. The van der Waals surface area contributed by atoms with Crippen LogP contribution in [-0.2, 0) is 11.3 Å². The number of hydrogen-bond acceptors (Lipinski definition) is 6. The Hall–Kier alpha value is -2.65. The highest BCUT2D eigenvalue weighted by molar-refractivity contribution is 7.12. The Morgan fingerprint density at radius 2 is 1.86 bits per heavy atom. The maximum absolute atomic E-state index is 12.0. The predicted molar refractivity (Wildman–Crippen MR) is 107 cm³/mol. The molecule has 0 aliphatic heterocycles. The number of rotatable bonds is 10. The zero-order valence-corrected chi connectivity index (χ0v) is 16.9. The van der Waals surface area contributed by atoms with Crippen molar-refractivity contribution in [3.8, 4) is 0 Å². The fourth-order valence-electron chi connectivity index (χ4n) is 2.45. The molecule has 2 rings (SSSR count). The topological polar surface area (TPSA) is 104 Å². The van der Waals surface area contributed by atoms with E-state index in [9.17, 15) is 14.4 Å². The molecule has 0 saturated carbocycles. The highest BCUT2D eigenvalue weighted by atomic mass is 32.1. The molecule has 0 atom stereocenters. The van der Waals surface area contributed by atoms with Gasteiger partial charge in [0, 0.05) is 13.0 Å². The summed E-state index contributed by atoms with van der Waals surface area (Å²) < 4.78 is 5.52. The third kappa shape index (κ3) is 6.82.